The van der Waals surface area contributed by atoms with Gasteiger partial charge in [-0.3, -0.25) is 0 Å². The first-order valence-electron chi connectivity index (χ1n) is 17.1. The van der Waals surface area contributed by atoms with Crippen LogP contribution in [0.2, 0.25) is 10.0 Å². The van der Waals surface area contributed by atoms with Gasteiger partial charge in [0, 0.05) is 55.4 Å². The van der Waals surface area contributed by atoms with Crippen LogP contribution in [0.5, 0.6) is 0 Å². The van der Waals surface area contributed by atoms with Crippen molar-refractivity contribution in [2.45, 2.75) is 69.1 Å². The number of aliphatic hydroxyl groups is 2. The van der Waals surface area contributed by atoms with E-state index in [0.717, 1.165) is 81.4 Å². The normalized spacial score (nSPS) is 16.0. The maximum absolute atomic E-state index is 12.6. The number of anilines is 2. The van der Waals surface area contributed by atoms with E-state index in [1.807, 2.05) is 72.8 Å². The quantitative estimate of drug-likeness (QED) is 0.0917. The van der Waals surface area contributed by atoms with Gasteiger partial charge in [-0.25, -0.2) is 0 Å². The van der Waals surface area contributed by atoms with Gasteiger partial charge in [-0.2, -0.15) is 0 Å². The molecular formula is C40H40Cl2N4O2. The molecule has 2 aliphatic rings. The molecule has 48 heavy (non-hydrogen) atoms. The van der Waals surface area contributed by atoms with E-state index >= 15 is 0 Å². The Morgan fingerprint density at radius 1 is 0.625 bits per heavy atom. The number of fused-ring (bicyclic) bond motifs is 2. The highest BCUT2D eigenvalue weighted by atomic mass is 35.5. The van der Waals surface area contributed by atoms with Gasteiger partial charge in [0.15, 0.2) is 0 Å². The largest absolute Gasteiger partial charge is 0.393 e. The van der Waals surface area contributed by atoms with Gasteiger partial charge >= 0.3 is 0 Å². The number of aromatic amines is 2. The van der Waals surface area contributed by atoms with E-state index in [1.165, 1.54) is 25.7 Å². The third-order valence-electron chi connectivity index (χ3n) is 10.4. The molecule has 0 radical (unpaired) electrons. The second-order valence-electron chi connectivity index (χ2n) is 13.6. The number of nitrogens with one attached hydrogen (secondary N) is 4. The van der Waals surface area contributed by atoms with Crippen LogP contribution in [-0.4, -0.2) is 38.9 Å². The van der Waals surface area contributed by atoms with Gasteiger partial charge in [-0.1, -0.05) is 97.4 Å². The molecule has 4 aromatic carbocycles. The summed E-state index contributed by atoms with van der Waals surface area (Å²) in [6, 6.07) is 28.4. The monoisotopic (exact) mass is 678 g/mol. The lowest BCUT2D eigenvalue weighted by Gasteiger charge is -2.31. The zero-order valence-corrected chi connectivity index (χ0v) is 28.3. The Bertz CT molecular complexity index is 1960. The highest BCUT2D eigenvalue weighted by Crippen LogP contribution is 2.43. The summed E-state index contributed by atoms with van der Waals surface area (Å²) in [5.41, 5.74) is 6.68. The number of aliphatic hydroxyl groups excluding tert-OH is 1. The molecule has 2 fully saturated rings. The van der Waals surface area contributed by atoms with E-state index < -0.39 is 12.2 Å². The Labute approximate surface area is 290 Å². The molecule has 6 N–H and O–H groups in total. The van der Waals surface area contributed by atoms with E-state index in [-0.39, 0.29) is 0 Å². The molecule has 246 valence electrons. The average molecular weight is 680 g/mol. The van der Waals surface area contributed by atoms with Gasteiger partial charge in [-0.05, 0) is 73.2 Å². The van der Waals surface area contributed by atoms with Crippen molar-refractivity contribution in [3.8, 4) is 22.5 Å². The molecule has 0 spiro atoms. The SMILES string of the molecule is OCC(O)(c1ccccc1-c1cc2cc(Cl)cc(NC3CCCC3)c2[nH]1)c1ccccc1-c1cc2cc(Cl)cc(NC3CCCC3)c2[nH]1. The molecular weight excluding hydrogens is 639 g/mol. The van der Waals surface area contributed by atoms with Crippen LogP contribution in [0.1, 0.15) is 62.5 Å². The van der Waals surface area contributed by atoms with Crippen LogP contribution in [0.4, 0.5) is 11.4 Å². The summed E-state index contributed by atoms with van der Waals surface area (Å²) < 4.78 is 0. The highest BCUT2D eigenvalue weighted by molar-refractivity contribution is 6.32. The minimum Gasteiger partial charge on any atom is -0.393 e. The molecule has 6 nitrogen and oxygen atoms in total. The van der Waals surface area contributed by atoms with E-state index in [4.69, 9.17) is 23.2 Å². The molecule has 2 saturated carbocycles. The smallest absolute Gasteiger partial charge is 0.139 e. The number of halogens is 2. The van der Waals surface area contributed by atoms with Gasteiger partial charge < -0.3 is 30.8 Å². The Kier molecular flexibility index (Phi) is 8.37. The lowest BCUT2D eigenvalue weighted by molar-refractivity contribution is 0.0182. The molecule has 8 heteroatoms. The van der Waals surface area contributed by atoms with Gasteiger partial charge in [0.25, 0.3) is 0 Å². The lowest BCUT2D eigenvalue weighted by atomic mass is 9.80. The highest BCUT2D eigenvalue weighted by Gasteiger charge is 2.36. The molecule has 2 aromatic heterocycles. The number of hydrogen-bond donors (Lipinski definition) is 6. The average Bonchev–Trinajstić information content (AvgIpc) is 3.92. The molecule has 0 bridgehead atoms. The molecule has 6 aromatic rings. The molecule has 0 aliphatic heterocycles. The van der Waals surface area contributed by atoms with Crippen LogP contribution < -0.4 is 10.6 Å². The number of benzene rings is 4. The van der Waals surface area contributed by atoms with Crippen LogP contribution in [-0.2, 0) is 5.60 Å². The van der Waals surface area contributed by atoms with Crippen LogP contribution in [0.3, 0.4) is 0 Å². The van der Waals surface area contributed by atoms with Crippen LogP contribution in [0.25, 0.3) is 44.3 Å². The van der Waals surface area contributed by atoms with Crippen LogP contribution >= 0.6 is 23.2 Å². The maximum Gasteiger partial charge on any atom is 0.139 e. The van der Waals surface area contributed by atoms with Crippen molar-refractivity contribution in [3.05, 3.63) is 106 Å². The zero-order chi connectivity index (χ0) is 32.8. The molecule has 2 aliphatic carbocycles. The van der Waals surface area contributed by atoms with Crippen molar-refractivity contribution in [2.75, 3.05) is 17.2 Å². The second-order valence-corrected chi connectivity index (χ2v) is 14.4. The Hall–Kier alpha value is -3.94. The summed E-state index contributed by atoms with van der Waals surface area (Å²) in [6.07, 6.45) is 9.52. The minimum absolute atomic E-state index is 0.428. The van der Waals surface area contributed by atoms with Crippen molar-refractivity contribution in [3.63, 3.8) is 0 Å². The summed E-state index contributed by atoms with van der Waals surface area (Å²) in [4.78, 5) is 7.27. The van der Waals surface area contributed by atoms with E-state index in [2.05, 4.69) is 32.7 Å². The Morgan fingerprint density at radius 3 is 1.46 bits per heavy atom. The molecule has 8 rings (SSSR count). The fraction of sp³-hybridized carbons (Fsp3) is 0.300. The van der Waals surface area contributed by atoms with Crippen LogP contribution in [0, 0.1) is 0 Å². The first kappa shape index (κ1) is 31.3. The number of rotatable bonds is 9. The van der Waals surface area contributed by atoms with Gasteiger partial charge in [0.1, 0.15) is 5.60 Å². The molecule has 0 atom stereocenters. The summed E-state index contributed by atoms with van der Waals surface area (Å²) in [5.74, 6) is 0. The summed E-state index contributed by atoms with van der Waals surface area (Å²) in [7, 11) is 0. The minimum atomic E-state index is -1.72. The van der Waals surface area contributed by atoms with Gasteiger partial charge in [0.2, 0.25) is 0 Å². The number of hydrogen-bond acceptors (Lipinski definition) is 4. The summed E-state index contributed by atoms with van der Waals surface area (Å²) in [5, 5.41) is 34.4. The predicted molar refractivity (Wildman–Crippen MR) is 199 cm³/mol. The third-order valence-corrected chi connectivity index (χ3v) is 10.8. The van der Waals surface area contributed by atoms with Crippen molar-refractivity contribution in [1.82, 2.24) is 9.97 Å². The first-order chi connectivity index (χ1) is 23.4. The fourth-order valence-electron chi connectivity index (χ4n) is 7.99. The summed E-state index contributed by atoms with van der Waals surface area (Å²) >= 11 is 13.2. The van der Waals surface area contributed by atoms with Crippen molar-refractivity contribution >= 4 is 56.4 Å². The van der Waals surface area contributed by atoms with Gasteiger partial charge in [0.05, 0.1) is 29.0 Å². The molecule has 0 unspecified atom stereocenters. The number of aromatic nitrogens is 2. The van der Waals surface area contributed by atoms with E-state index in [9.17, 15) is 10.2 Å². The topological polar surface area (TPSA) is 96.1 Å². The Balaban J connectivity index is 1.22. The molecule has 0 amide bonds. The van der Waals surface area contributed by atoms with E-state index in [1.54, 1.807) is 0 Å². The maximum atomic E-state index is 12.6. The van der Waals surface area contributed by atoms with Crippen molar-refractivity contribution in [2.24, 2.45) is 0 Å². The lowest BCUT2D eigenvalue weighted by Crippen LogP contribution is -2.33. The predicted octanol–water partition coefficient (Wildman–Crippen LogP) is 10.2. The Morgan fingerprint density at radius 2 is 1.04 bits per heavy atom. The fourth-order valence-corrected chi connectivity index (χ4v) is 8.44. The standard InChI is InChI=1S/C40H40Cl2N4O2/c41-26-17-24-19-34(45-38(24)36(21-26)43-28-9-1-2-10-28)30-13-5-7-15-32(30)40(48,23-47)33-16-8-6-14-31(33)35-20-25-18-27(42)22-37(39(25)46-35)44-29-11-3-4-12-29/h5-8,13-22,28-29,43-48H,1-4,9-12,23H2. The van der Waals surface area contributed by atoms with Crippen LogP contribution in [0.15, 0.2) is 84.9 Å². The number of H-pyrrole nitrogens is 2. The summed E-state index contributed by atoms with van der Waals surface area (Å²) in [6.45, 7) is -0.512. The zero-order valence-electron chi connectivity index (χ0n) is 26.8. The van der Waals surface area contributed by atoms with E-state index in [0.29, 0.717) is 33.3 Å². The first-order valence-corrected chi connectivity index (χ1v) is 17.9. The molecule has 2 heterocycles. The van der Waals surface area contributed by atoms with Crippen molar-refractivity contribution in [1.29, 1.82) is 0 Å². The van der Waals surface area contributed by atoms with Crippen molar-refractivity contribution < 1.29 is 10.2 Å². The second kappa shape index (κ2) is 12.8. The third kappa shape index (κ3) is 5.75. The van der Waals surface area contributed by atoms with Gasteiger partial charge in [-0.15, -0.1) is 0 Å². The molecule has 0 saturated heterocycles.